The molecule has 0 bridgehead atoms. The lowest BCUT2D eigenvalue weighted by Gasteiger charge is -2.12. The molecule has 0 spiro atoms. The lowest BCUT2D eigenvalue weighted by Crippen LogP contribution is -2.24. The van der Waals surface area contributed by atoms with E-state index in [0.717, 1.165) is 0 Å². The fourth-order valence-corrected chi connectivity index (χ4v) is 2.66. The number of rotatable bonds is 1. The summed E-state index contributed by atoms with van der Waals surface area (Å²) in [5.41, 5.74) is -0.387. The molecular formula is C12H8BrCl2F3N2O2. The fraction of sp³-hybridized carbons (Fsp3) is 0.333. The monoisotopic (exact) mass is 418 g/mol. The average Bonchev–Trinajstić information content (AvgIpc) is 2.74. The van der Waals surface area contributed by atoms with Gasteiger partial charge in [0.05, 0.1) is 21.7 Å². The van der Waals surface area contributed by atoms with Crippen LogP contribution in [0.4, 0.5) is 18.0 Å². The number of alkyl halides is 3. The molecule has 0 saturated heterocycles. The summed E-state index contributed by atoms with van der Waals surface area (Å²) in [5, 5.41) is -0.183. The summed E-state index contributed by atoms with van der Waals surface area (Å²) in [6, 6.07) is 1.23. The molecule has 0 unspecified atom stereocenters. The Labute approximate surface area is 141 Å². The summed E-state index contributed by atoms with van der Waals surface area (Å²) >= 11 is 14.9. The van der Waals surface area contributed by atoms with Gasteiger partial charge in [0.1, 0.15) is 5.52 Å². The molecule has 0 aliphatic heterocycles. The van der Waals surface area contributed by atoms with Gasteiger partial charge in [0.2, 0.25) is 5.82 Å². The molecule has 22 heavy (non-hydrogen) atoms. The number of ether oxygens (including phenoxy) is 1. The zero-order valence-electron chi connectivity index (χ0n) is 11.1. The van der Waals surface area contributed by atoms with E-state index in [1.54, 1.807) is 0 Å². The van der Waals surface area contributed by atoms with Gasteiger partial charge in [-0.05, 0) is 35.8 Å². The quantitative estimate of drug-likeness (QED) is 0.572. The van der Waals surface area contributed by atoms with Crippen LogP contribution in [-0.4, -0.2) is 21.7 Å². The highest BCUT2D eigenvalue weighted by Crippen LogP contribution is 2.40. The first-order valence-electron chi connectivity index (χ1n) is 5.88. The maximum atomic E-state index is 13.1. The van der Waals surface area contributed by atoms with E-state index in [-0.39, 0.29) is 25.6 Å². The molecule has 0 aliphatic rings. The molecule has 1 aromatic carbocycles. The maximum absolute atomic E-state index is 13.1. The molecule has 0 atom stereocenters. The molecule has 0 fully saturated rings. The Kier molecular flexibility index (Phi) is 4.66. The van der Waals surface area contributed by atoms with E-state index in [1.807, 2.05) is 0 Å². The predicted octanol–water partition coefficient (Wildman–Crippen LogP) is 5.52. The Morgan fingerprint density at radius 3 is 2.45 bits per heavy atom. The van der Waals surface area contributed by atoms with Crippen molar-refractivity contribution < 1.29 is 22.7 Å². The summed E-state index contributed by atoms with van der Waals surface area (Å²) in [4.78, 5) is 15.4. The van der Waals surface area contributed by atoms with Crippen molar-refractivity contribution in [3.05, 3.63) is 26.4 Å². The normalized spacial score (nSPS) is 12.2. The van der Waals surface area contributed by atoms with Gasteiger partial charge in [-0.1, -0.05) is 23.2 Å². The van der Waals surface area contributed by atoms with Crippen LogP contribution in [0.1, 0.15) is 19.7 Å². The van der Waals surface area contributed by atoms with Gasteiger partial charge in [0, 0.05) is 4.47 Å². The van der Waals surface area contributed by atoms with Crippen molar-refractivity contribution in [2.24, 2.45) is 0 Å². The SMILES string of the molecule is CC(C)OC(=O)n1c(C(F)(F)F)nc2c(Cl)c(Cl)c(Br)cc21. The van der Waals surface area contributed by atoms with E-state index in [0.29, 0.717) is 4.57 Å². The molecule has 0 N–H and O–H groups in total. The molecule has 0 amide bonds. The van der Waals surface area contributed by atoms with E-state index in [4.69, 9.17) is 27.9 Å². The first-order valence-corrected chi connectivity index (χ1v) is 7.43. The molecule has 1 heterocycles. The van der Waals surface area contributed by atoms with Crippen LogP contribution in [0, 0.1) is 0 Å². The zero-order valence-corrected chi connectivity index (χ0v) is 14.2. The smallest absolute Gasteiger partial charge is 0.446 e. The number of carbonyl (C=O) groups excluding carboxylic acids is 1. The van der Waals surface area contributed by atoms with Gasteiger partial charge in [-0.25, -0.2) is 14.3 Å². The number of benzene rings is 1. The summed E-state index contributed by atoms with van der Waals surface area (Å²) in [7, 11) is 0. The number of nitrogens with zero attached hydrogens (tertiary/aromatic N) is 2. The van der Waals surface area contributed by atoms with Gasteiger partial charge >= 0.3 is 12.3 Å². The Morgan fingerprint density at radius 1 is 1.36 bits per heavy atom. The fourth-order valence-electron chi connectivity index (χ4n) is 1.75. The second kappa shape index (κ2) is 5.90. The lowest BCUT2D eigenvalue weighted by atomic mass is 10.3. The van der Waals surface area contributed by atoms with Crippen LogP contribution in [0.5, 0.6) is 0 Å². The van der Waals surface area contributed by atoms with Crippen LogP contribution < -0.4 is 0 Å². The first kappa shape index (κ1) is 17.4. The highest BCUT2D eigenvalue weighted by atomic mass is 79.9. The van der Waals surface area contributed by atoms with E-state index < -0.39 is 24.2 Å². The van der Waals surface area contributed by atoms with Crippen LogP contribution in [0.15, 0.2) is 10.5 Å². The van der Waals surface area contributed by atoms with E-state index in [1.165, 1.54) is 19.9 Å². The summed E-state index contributed by atoms with van der Waals surface area (Å²) in [6.07, 6.45) is -6.66. The number of carbonyl (C=O) groups is 1. The molecule has 0 radical (unpaired) electrons. The van der Waals surface area contributed by atoms with Crippen molar-refractivity contribution in [1.29, 1.82) is 0 Å². The van der Waals surface area contributed by atoms with E-state index in [9.17, 15) is 18.0 Å². The van der Waals surface area contributed by atoms with Gasteiger partial charge < -0.3 is 4.74 Å². The zero-order chi connectivity index (χ0) is 16.8. The van der Waals surface area contributed by atoms with Crippen LogP contribution in [0.2, 0.25) is 10.0 Å². The number of fused-ring (bicyclic) bond motifs is 1. The van der Waals surface area contributed by atoms with E-state index in [2.05, 4.69) is 20.9 Å². The van der Waals surface area contributed by atoms with E-state index >= 15 is 0 Å². The lowest BCUT2D eigenvalue weighted by molar-refractivity contribution is -0.146. The highest BCUT2D eigenvalue weighted by molar-refractivity contribution is 9.10. The van der Waals surface area contributed by atoms with Crippen molar-refractivity contribution in [2.75, 3.05) is 0 Å². The molecule has 120 valence electrons. The number of imidazole rings is 1. The Hall–Kier alpha value is -0.990. The Balaban J connectivity index is 2.83. The minimum absolute atomic E-state index is 0.00441. The third-order valence-electron chi connectivity index (χ3n) is 2.56. The second-order valence-electron chi connectivity index (χ2n) is 4.56. The van der Waals surface area contributed by atoms with Gasteiger partial charge in [-0.3, -0.25) is 0 Å². The molecule has 1 aromatic heterocycles. The Bertz CT molecular complexity index is 759. The van der Waals surface area contributed by atoms with Gasteiger partial charge in [0.15, 0.2) is 0 Å². The molecule has 0 aliphatic carbocycles. The molecule has 4 nitrogen and oxygen atoms in total. The topological polar surface area (TPSA) is 44.1 Å². The highest BCUT2D eigenvalue weighted by Gasteiger charge is 2.40. The third kappa shape index (κ3) is 3.04. The summed E-state index contributed by atoms with van der Waals surface area (Å²) in [6.45, 7) is 3.04. The van der Waals surface area contributed by atoms with Crippen molar-refractivity contribution in [2.45, 2.75) is 26.1 Å². The van der Waals surface area contributed by atoms with Crippen molar-refractivity contribution in [1.82, 2.24) is 9.55 Å². The number of hydrogen-bond acceptors (Lipinski definition) is 3. The average molecular weight is 420 g/mol. The van der Waals surface area contributed by atoms with Gasteiger partial charge in [-0.15, -0.1) is 0 Å². The third-order valence-corrected chi connectivity index (χ3v) is 4.27. The molecule has 10 heteroatoms. The van der Waals surface area contributed by atoms with Crippen LogP contribution >= 0.6 is 39.1 Å². The van der Waals surface area contributed by atoms with Crippen LogP contribution in [0.25, 0.3) is 11.0 Å². The minimum atomic E-state index is -4.86. The van der Waals surface area contributed by atoms with Crippen LogP contribution in [0.3, 0.4) is 0 Å². The number of halogens is 6. The summed E-state index contributed by atoms with van der Waals surface area (Å²) < 4.78 is 44.8. The molecule has 2 aromatic rings. The number of aromatic nitrogens is 2. The van der Waals surface area contributed by atoms with Crippen molar-refractivity contribution >= 4 is 56.3 Å². The minimum Gasteiger partial charge on any atom is -0.446 e. The number of hydrogen-bond donors (Lipinski definition) is 0. The van der Waals surface area contributed by atoms with Crippen LogP contribution in [-0.2, 0) is 10.9 Å². The van der Waals surface area contributed by atoms with Gasteiger partial charge in [-0.2, -0.15) is 13.2 Å². The summed E-state index contributed by atoms with van der Waals surface area (Å²) in [5.74, 6) is -1.43. The molecular weight excluding hydrogens is 412 g/mol. The maximum Gasteiger partial charge on any atom is 0.450 e. The predicted molar refractivity (Wildman–Crippen MR) is 79.5 cm³/mol. The van der Waals surface area contributed by atoms with Crippen molar-refractivity contribution in [3.63, 3.8) is 0 Å². The van der Waals surface area contributed by atoms with Gasteiger partial charge in [0.25, 0.3) is 0 Å². The standard InChI is InChI=1S/C12H8BrCl2F3N2O2/c1-4(2)22-11(21)20-6-3-5(13)7(14)8(15)9(6)19-10(20)12(16,17)18/h3-4H,1-2H3. The second-order valence-corrected chi connectivity index (χ2v) is 6.17. The Morgan fingerprint density at radius 2 is 1.95 bits per heavy atom. The molecule has 0 saturated carbocycles. The first-order chi connectivity index (χ1) is 10.0. The largest absolute Gasteiger partial charge is 0.450 e. The molecule has 2 rings (SSSR count). The van der Waals surface area contributed by atoms with Crippen molar-refractivity contribution in [3.8, 4) is 0 Å².